The molecule has 56 valence electrons. The predicted molar refractivity (Wildman–Crippen MR) is 43.1 cm³/mol. The van der Waals surface area contributed by atoms with Gasteiger partial charge in [-0.3, -0.25) is 0 Å². The number of hydrogen-bond acceptors (Lipinski definition) is 1. The van der Waals surface area contributed by atoms with Crippen LogP contribution in [-0.2, 0) is 0 Å². The number of rotatable bonds is 4. The molecule has 0 aliphatic rings. The van der Waals surface area contributed by atoms with Crippen molar-refractivity contribution >= 4 is 11.6 Å². The van der Waals surface area contributed by atoms with Gasteiger partial charge in [0.05, 0.1) is 0 Å². The summed E-state index contributed by atoms with van der Waals surface area (Å²) in [5.41, 5.74) is 0. The molecule has 0 amide bonds. The smallest absolute Gasteiger partial charge is 0.0345 e. The van der Waals surface area contributed by atoms with E-state index in [9.17, 15) is 0 Å². The molecule has 0 aliphatic heterocycles. The molecule has 0 aromatic carbocycles. The standard InChI is InChI=1S/C7H16ClN/c1-4-7(8)5-6-9(2)3/h7H,4-6H2,1-3H3. The van der Waals surface area contributed by atoms with Gasteiger partial charge in [0.25, 0.3) is 0 Å². The van der Waals surface area contributed by atoms with Crippen LogP contribution in [0, 0.1) is 0 Å². The van der Waals surface area contributed by atoms with Gasteiger partial charge in [-0.15, -0.1) is 11.6 Å². The lowest BCUT2D eigenvalue weighted by molar-refractivity contribution is 0.395. The molecule has 2 heteroatoms. The first-order chi connectivity index (χ1) is 4.16. The molecule has 0 saturated heterocycles. The fraction of sp³-hybridized carbons (Fsp3) is 1.00. The van der Waals surface area contributed by atoms with Gasteiger partial charge >= 0.3 is 0 Å². The van der Waals surface area contributed by atoms with E-state index in [0.717, 1.165) is 19.4 Å². The minimum absolute atomic E-state index is 0.368. The second-order valence-electron chi connectivity index (χ2n) is 2.60. The molecule has 1 nitrogen and oxygen atoms in total. The third-order valence-electron chi connectivity index (χ3n) is 1.33. The molecular formula is C7H16ClN. The molecule has 0 spiro atoms. The summed E-state index contributed by atoms with van der Waals surface area (Å²) in [4.78, 5) is 2.16. The Kier molecular flexibility index (Phi) is 5.21. The normalized spacial score (nSPS) is 14.3. The van der Waals surface area contributed by atoms with Crippen molar-refractivity contribution in [1.29, 1.82) is 0 Å². The summed E-state index contributed by atoms with van der Waals surface area (Å²) in [5, 5.41) is 0.368. The topological polar surface area (TPSA) is 3.24 Å². The van der Waals surface area contributed by atoms with E-state index in [0.29, 0.717) is 5.38 Å². The zero-order valence-corrected chi connectivity index (χ0v) is 7.28. The van der Waals surface area contributed by atoms with Crippen molar-refractivity contribution in [3.8, 4) is 0 Å². The average Bonchev–Trinajstić information content (AvgIpc) is 1.83. The van der Waals surface area contributed by atoms with Gasteiger partial charge in [-0.1, -0.05) is 6.92 Å². The molecule has 9 heavy (non-hydrogen) atoms. The first kappa shape index (κ1) is 9.25. The van der Waals surface area contributed by atoms with Crippen LogP contribution in [0.15, 0.2) is 0 Å². The fourth-order valence-electron chi connectivity index (χ4n) is 0.602. The maximum absolute atomic E-state index is 5.88. The maximum atomic E-state index is 5.88. The Labute approximate surface area is 63.0 Å². The van der Waals surface area contributed by atoms with Crippen LogP contribution >= 0.6 is 11.6 Å². The molecule has 1 atom stereocenters. The van der Waals surface area contributed by atoms with E-state index in [1.54, 1.807) is 0 Å². The lowest BCUT2D eigenvalue weighted by Gasteiger charge is -2.11. The van der Waals surface area contributed by atoms with Crippen molar-refractivity contribution in [2.45, 2.75) is 25.1 Å². The largest absolute Gasteiger partial charge is 0.309 e. The first-order valence-corrected chi connectivity index (χ1v) is 3.89. The number of hydrogen-bond donors (Lipinski definition) is 0. The highest BCUT2D eigenvalue weighted by Gasteiger charge is 2.00. The predicted octanol–water partition coefficient (Wildman–Crippen LogP) is 1.96. The second-order valence-corrected chi connectivity index (χ2v) is 3.21. The number of alkyl halides is 1. The van der Waals surface area contributed by atoms with Gasteiger partial charge in [-0.2, -0.15) is 0 Å². The maximum Gasteiger partial charge on any atom is 0.0345 e. The van der Waals surface area contributed by atoms with Gasteiger partial charge in [0.2, 0.25) is 0 Å². The zero-order chi connectivity index (χ0) is 7.28. The highest BCUT2D eigenvalue weighted by atomic mass is 35.5. The van der Waals surface area contributed by atoms with Gasteiger partial charge in [-0.25, -0.2) is 0 Å². The molecule has 0 aromatic heterocycles. The van der Waals surface area contributed by atoms with Crippen molar-refractivity contribution in [3.05, 3.63) is 0 Å². The average molecular weight is 150 g/mol. The summed E-state index contributed by atoms with van der Waals surface area (Å²) in [7, 11) is 4.14. The molecule has 0 bridgehead atoms. The van der Waals surface area contributed by atoms with Crippen molar-refractivity contribution in [2.75, 3.05) is 20.6 Å². The molecule has 0 fully saturated rings. The summed E-state index contributed by atoms with van der Waals surface area (Å²) in [6.45, 7) is 3.22. The van der Waals surface area contributed by atoms with E-state index in [1.165, 1.54) is 0 Å². The zero-order valence-electron chi connectivity index (χ0n) is 6.52. The first-order valence-electron chi connectivity index (χ1n) is 3.45. The minimum Gasteiger partial charge on any atom is -0.309 e. The lowest BCUT2D eigenvalue weighted by atomic mass is 10.2. The molecule has 0 radical (unpaired) electrons. The Morgan fingerprint density at radius 3 is 2.33 bits per heavy atom. The molecular weight excluding hydrogens is 134 g/mol. The van der Waals surface area contributed by atoms with E-state index < -0.39 is 0 Å². The van der Waals surface area contributed by atoms with Crippen LogP contribution in [0.5, 0.6) is 0 Å². The third-order valence-corrected chi connectivity index (χ3v) is 1.86. The highest BCUT2D eigenvalue weighted by molar-refractivity contribution is 6.20. The van der Waals surface area contributed by atoms with Crippen molar-refractivity contribution < 1.29 is 0 Å². The van der Waals surface area contributed by atoms with Crippen LogP contribution in [0.25, 0.3) is 0 Å². The summed E-state index contributed by atoms with van der Waals surface area (Å²) in [6, 6.07) is 0. The Bertz CT molecular complexity index is 63.9. The molecule has 0 saturated carbocycles. The number of nitrogens with zero attached hydrogens (tertiary/aromatic N) is 1. The number of halogens is 1. The van der Waals surface area contributed by atoms with Crippen LogP contribution in [0.4, 0.5) is 0 Å². The SMILES string of the molecule is CCC(Cl)CCN(C)C. The van der Waals surface area contributed by atoms with Gasteiger partial charge in [0.1, 0.15) is 0 Å². The molecule has 0 heterocycles. The third kappa shape index (κ3) is 6.13. The Balaban J connectivity index is 3.06. The summed E-state index contributed by atoms with van der Waals surface area (Å²) in [6.07, 6.45) is 2.18. The van der Waals surface area contributed by atoms with E-state index >= 15 is 0 Å². The van der Waals surface area contributed by atoms with E-state index in [4.69, 9.17) is 11.6 Å². The molecule has 0 N–H and O–H groups in total. The molecule has 0 aliphatic carbocycles. The Morgan fingerprint density at radius 2 is 2.00 bits per heavy atom. The summed E-state index contributed by atoms with van der Waals surface area (Å²) >= 11 is 5.88. The van der Waals surface area contributed by atoms with Crippen LogP contribution in [0.2, 0.25) is 0 Å². The second kappa shape index (κ2) is 5.07. The van der Waals surface area contributed by atoms with Crippen LogP contribution in [-0.4, -0.2) is 30.9 Å². The van der Waals surface area contributed by atoms with Crippen molar-refractivity contribution in [3.63, 3.8) is 0 Å². The summed E-state index contributed by atoms with van der Waals surface area (Å²) < 4.78 is 0. The fourth-order valence-corrected chi connectivity index (χ4v) is 0.700. The Morgan fingerprint density at radius 1 is 1.44 bits per heavy atom. The van der Waals surface area contributed by atoms with E-state index in [1.807, 2.05) is 0 Å². The van der Waals surface area contributed by atoms with Gasteiger partial charge in [0.15, 0.2) is 0 Å². The monoisotopic (exact) mass is 149 g/mol. The van der Waals surface area contributed by atoms with Gasteiger partial charge in [0, 0.05) is 5.38 Å². The van der Waals surface area contributed by atoms with Gasteiger partial charge in [-0.05, 0) is 33.5 Å². The highest BCUT2D eigenvalue weighted by Crippen LogP contribution is 2.05. The summed E-state index contributed by atoms with van der Waals surface area (Å²) in [5.74, 6) is 0. The molecule has 0 rings (SSSR count). The van der Waals surface area contributed by atoms with Crippen LogP contribution < -0.4 is 0 Å². The Hall–Kier alpha value is 0.250. The molecule has 1 unspecified atom stereocenters. The van der Waals surface area contributed by atoms with Crippen LogP contribution in [0.1, 0.15) is 19.8 Å². The molecule has 0 aromatic rings. The van der Waals surface area contributed by atoms with E-state index in [2.05, 4.69) is 25.9 Å². The van der Waals surface area contributed by atoms with Gasteiger partial charge < -0.3 is 4.90 Å². The quantitative estimate of drug-likeness (QED) is 0.553. The van der Waals surface area contributed by atoms with Crippen molar-refractivity contribution in [2.24, 2.45) is 0 Å². The van der Waals surface area contributed by atoms with Crippen molar-refractivity contribution in [1.82, 2.24) is 4.90 Å². The van der Waals surface area contributed by atoms with E-state index in [-0.39, 0.29) is 0 Å². The lowest BCUT2D eigenvalue weighted by Crippen LogP contribution is -2.16. The minimum atomic E-state index is 0.368. The van der Waals surface area contributed by atoms with Crippen LogP contribution in [0.3, 0.4) is 0 Å².